The molecule has 22 N–H and O–H groups in total. The van der Waals surface area contributed by atoms with Crippen molar-refractivity contribution in [3.8, 4) is 11.1 Å². The molecule has 5 aromatic rings. The van der Waals surface area contributed by atoms with Crippen molar-refractivity contribution in [2.75, 3.05) is 173 Å². The molecular formula is C82H119N11O34S. The number of anilines is 4. The molecule has 18 atom stereocenters. The van der Waals surface area contributed by atoms with E-state index in [1.807, 2.05) is 6.07 Å². The summed E-state index contributed by atoms with van der Waals surface area (Å²) in [6.45, 7) is 0.112. The van der Waals surface area contributed by atoms with Gasteiger partial charge in [0.25, 0.3) is 17.2 Å². The fourth-order valence-electron chi connectivity index (χ4n) is 14.8. The van der Waals surface area contributed by atoms with E-state index in [2.05, 4.69) is 52.8 Å². The first-order chi connectivity index (χ1) is 61.6. The summed E-state index contributed by atoms with van der Waals surface area (Å²) in [4.78, 5) is 107. The quantitative estimate of drug-likeness (QED) is 0.0128. The number of ether oxygens (including phenoxy) is 13. The Hall–Kier alpha value is -8.81. The Labute approximate surface area is 738 Å². The summed E-state index contributed by atoms with van der Waals surface area (Å²) < 4.78 is 99.4. The van der Waals surface area contributed by atoms with Gasteiger partial charge in [-0.1, -0.05) is 24.3 Å². The van der Waals surface area contributed by atoms with Gasteiger partial charge in [0, 0.05) is 110 Å². The highest BCUT2D eigenvalue weighted by Gasteiger charge is 2.50. The fraction of sp³-hybridized carbons (Fsp3) is 0.610. The van der Waals surface area contributed by atoms with Gasteiger partial charge in [-0.15, -0.1) is 0 Å². The predicted octanol–water partition coefficient (Wildman–Crippen LogP) is -4.89. The summed E-state index contributed by atoms with van der Waals surface area (Å²) in [5.74, 6) is -4.46. The molecule has 4 unspecified atom stereocenters. The second-order valence-electron chi connectivity index (χ2n) is 30.3. The molecule has 0 spiro atoms. The standard InChI is InChI=1S/C82H119N11O34S/c1-46(97)88-69-75(109)72(106)58(42-94)125-79(69)122-38-35-118-32-29-115-26-22-84-63(102)17-15-61(100)82(45-121-25-20-65(104)86-24-28-117-31-34-120-37-40-124-81-71(90-48(3)99)77(111)74(108)60(44-96)127-81,62(101)16-18-64(103)85-23-27-116-30-33-119-36-39-123-80-70(89-47(2)98)76(110)73(107)59(43-95)126-80)92-66(105)41-87-50-9-7-49(8-10-50)67-51-19-21-83-54(51)11-14-57(67)93(128(113)114)56-13-12-55-68-52(56)5-4-6-53(68)78(112)91-55/h4-14,19,21,58-62,69-77,79-81,83,87,94-96,100-101,106-111H,15-18,20,22-45H2,1-3H3,(H,84,102)(H,85,103)(H,86,104)(H,88,97)(H,89,98)(H,90,99)(H,91,112)(H,92,105)(H,113,114)/t58-,59-,60-,61?,62?,69-,70-,71-,72+,73+,74+,75-,76-,77-,79-,80-,81?,82?/m1/s1. The number of benzene rings is 4. The zero-order chi connectivity index (χ0) is 92.4. The van der Waals surface area contributed by atoms with Crippen molar-refractivity contribution in [3.05, 3.63) is 84.6 Å². The number of aliphatic hydroxyl groups excluding tert-OH is 11. The van der Waals surface area contributed by atoms with Crippen molar-refractivity contribution in [2.45, 2.75) is 163 Å². The Morgan fingerprint density at radius 3 is 1.36 bits per heavy atom. The molecule has 712 valence electrons. The number of carbonyl (C=O) groups excluding carboxylic acids is 8. The minimum Gasteiger partial charge on any atom is -0.394 e. The maximum atomic E-state index is 14.7. The molecule has 45 nitrogen and oxygen atoms in total. The lowest BCUT2D eigenvalue weighted by molar-refractivity contribution is -0.272. The van der Waals surface area contributed by atoms with Gasteiger partial charge < -0.3 is 171 Å². The summed E-state index contributed by atoms with van der Waals surface area (Å²) >= 11 is -2.68. The van der Waals surface area contributed by atoms with Gasteiger partial charge >= 0.3 is 0 Å². The van der Waals surface area contributed by atoms with E-state index in [4.69, 9.17) is 61.6 Å². The second-order valence-corrected chi connectivity index (χ2v) is 31.1. The van der Waals surface area contributed by atoms with E-state index in [9.17, 15) is 103 Å². The van der Waals surface area contributed by atoms with Crippen molar-refractivity contribution >= 4 is 103 Å². The van der Waals surface area contributed by atoms with Gasteiger partial charge in [0.2, 0.25) is 41.4 Å². The number of aliphatic hydroxyl groups is 11. The molecule has 8 amide bonds. The molecule has 0 saturated carbocycles. The van der Waals surface area contributed by atoms with Crippen LogP contribution in [0.5, 0.6) is 0 Å². The zero-order valence-corrected chi connectivity index (χ0v) is 71.8. The van der Waals surface area contributed by atoms with Crippen LogP contribution in [0.25, 0.3) is 32.8 Å². The molecule has 1 aromatic heterocycles. The lowest BCUT2D eigenvalue weighted by Gasteiger charge is -2.42. The highest BCUT2D eigenvalue weighted by molar-refractivity contribution is 7.81. The third-order valence-corrected chi connectivity index (χ3v) is 21.9. The number of aromatic nitrogens is 1. The summed E-state index contributed by atoms with van der Waals surface area (Å²) in [7, 11) is 0. The van der Waals surface area contributed by atoms with Gasteiger partial charge in [-0.25, -0.2) is 8.51 Å². The lowest BCUT2D eigenvalue weighted by Crippen LogP contribution is -2.67. The molecule has 46 heteroatoms. The highest BCUT2D eigenvalue weighted by atomic mass is 32.2. The van der Waals surface area contributed by atoms with Gasteiger partial charge in [0.15, 0.2) is 18.9 Å². The summed E-state index contributed by atoms with van der Waals surface area (Å²) in [5, 5.41) is 142. The van der Waals surface area contributed by atoms with Crippen molar-refractivity contribution in [3.63, 3.8) is 0 Å². The van der Waals surface area contributed by atoms with E-state index in [0.717, 1.165) is 0 Å². The van der Waals surface area contributed by atoms with Gasteiger partial charge in [0.05, 0.1) is 162 Å². The molecule has 0 bridgehead atoms. The second kappa shape index (κ2) is 52.3. The van der Waals surface area contributed by atoms with Crippen LogP contribution in [0.15, 0.2) is 79.0 Å². The first-order valence-corrected chi connectivity index (χ1v) is 42.9. The molecule has 9 rings (SSSR count). The van der Waals surface area contributed by atoms with Crippen LogP contribution < -0.4 is 52.2 Å². The lowest BCUT2D eigenvalue weighted by atomic mass is 9.82. The molecular weight excluding hydrogens is 1720 g/mol. The van der Waals surface area contributed by atoms with Crippen LogP contribution in [0, 0.1) is 0 Å². The van der Waals surface area contributed by atoms with E-state index in [-0.39, 0.29) is 138 Å². The van der Waals surface area contributed by atoms with Crippen LogP contribution in [0.1, 0.15) is 63.2 Å². The van der Waals surface area contributed by atoms with Crippen LogP contribution in [0.3, 0.4) is 0 Å². The Kier molecular flexibility index (Phi) is 42.0. The fourth-order valence-corrected chi connectivity index (χ4v) is 15.4. The van der Waals surface area contributed by atoms with Gasteiger partial charge in [-0.3, -0.25) is 42.9 Å². The minimum absolute atomic E-state index is 0.00749. The van der Waals surface area contributed by atoms with Gasteiger partial charge in [-0.05, 0) is 66.9 Å². The predicted molar refractivity (Wildman–Crippen MR) is 452 cm³/mol. The number of hydrogen-bond donors (Lipinski definition) is 22. The Morgan fingerprint density at radius 1 is 0.492 bits per heavy atom. The molecule has 0 aliphatic carbocycles. The molecule has 4 aromatic carbocycles. The molecule has 4 aliphatic heterocycles. The van der Waals surface area contributed by atoms with Crippen LogP contribution in [-0.4, -0.2) is 385 Å². The molecule has 3 saturated heterocycles. The van der Waals surface area contributed by atoms with Crippen molar-refractivity contribution < 1.29 is 165 Å². The number of carbonyl (C=O) groups is 8. The number of H-pyrrole nitrogens is 1. The first-order valence-electron chi connectivity index (χ1n) is 41.9. The molecule has 128 heavy (non-hydrogen) atoms. The summed E-state index contributed by atoms with van der Waals surface area (Å²) in [6, 6.07) is 17.0. The number of rotatable bonds is 57. The topological polar surface area (TPSA) is 644 Å². The van der Waals surface area contributed by atoms with E-state index in [1.165, 1.54) is 25.1 Å². The Bertz CT molecular complexity index is 4300. The third-order valence-electron chi connectivity index (χ3n) is 21.2. The average Bonchev–Trinajstić information content (AvgIpc) is 1.57. The number of nitrogens with zero attached hydrogens (tertiary/aromatic N) is 1. The highest BCUT2D eigenvalue weighted by Crippen LogP contribution is 2.46. The normalized spacial score (nSPS) is 23.8. The average molecular weight is 1830 g/mol. The molecule has 3 fully saturated rings. The number of amides is 8. The van der Waals surface area contributed by atoms with Crippen molar-refractivity contribution in [2.24, 2.45) is 0 Å². The SMILES string of the molecule is CC(=O)N[C@H]1[C@H](OCCOCCOCCNC(=O)CCC(O)C(COCCC(=O)NCCOCCOCCOC2O[C@H](CO)[C@H](O)[C@H](O)[C@H]2NC(C)=O)(NC(=O)CNc2ccc(-c3c(N(c4ccc5c6c(cccc46)C(=O)N5)S(=O)O)ccc4[nH]ccc34)cc2)C(O)CCC(=O)NCCOCCOCCO[C@@H]2O[C@H](CO)[C@H](O)[C@H](O)[C@H]2NC(C)=O)O[C@H](CO)[C@H](O)[C@@H]1O. The first kappa shape index (κ1) is 103. The maximum absolute atomic E-state index is 14.7. The van der Waals surface area contributed by atoms with Crippen LogP contribution in [0.4, 0.5) is 22.7 Å². The van der Waals surface area contributed by atoms with E-state index < -0.39 is 221 Å². The van der Waals surface area contributed by atoms with Crippen molar-refractivity contribution in [1.29, 1.82) is 0 Å². The maximum Gasteiger partial charge on any atom is 0.266 e. The van der Waals surface area contributed by atoms with Crippen LogP contribution >= 0.6 is 0 Å². The van der Waals surface area contributed by atoms with E-state index in [1.54, 1.807) is 72.9 Å². The smallest absolute Gasteiger partial charge is 0.266 e. The molecule has 0 radical (unpaired) electrons. The minimum atomic E-state index is -2.68. The van der Waals surface area contributed by atoms with Gasteiger partial charge in [-0.2, -0.15) is 0 Å². The summed E-state index contributed by atoms with van der Waals surface area (Å²) in [5.41, 5.74) is 1.52. The molecule has 4 aliphatic rings. The molecule has 5 heterocycles. The number of hydrogen-bond acceptors (Lipinski definition) is 34. The Morgan fingerprint density at radius 2 is 0.922 bits per heavy atom. The monoisotopic (exact) mass is 1830 g/mol. The van der Waals surface area contributed by atoms with E-state index >= 15 is 0 Å². The number of aromatic amines is 1. The zero-order valence-electron chi connectivity index (χ0n) is 71.0. The van der Waals surface area contributed by atoms with Crippen LogP contribution in [-0.2, 0) is 106 Å². The number of fused-ring (bicyclic) bond motifs is 1. The van der Waals surface area contributed by atoms with E-state index in [0.29, 0.717) is 61.1 Å². The van der Waals surface area contributed by atoms with Crippen LogP contribution in [0.2, 0.25) is 0 Å². The van der Waals surface area contributed by atoms with Gasteiger partial charge in [0.1, 0.15) is 78.6 Å². The summed E-state index contributed by atoms with van der Waals surface area (Å²) in [6.07, 6.45) is -20.2. The van der Waals surface area contributed by atoms with Crippen molar-refractivity contribution in [1.82, 2.24) is 42.2 Å². The third kappa shape index (κ3) is 29.3. The Balaban J connectivity index is 0.833. The number of nitrogens with one attached hydrogen (secondary N) is 10. The largest absolute Gasteiger partial charge is 0.394 e.